The molecule has 39 heavy (non-hydrogen) atoms. The summed E-state index contributed by atoms with van der Waals surface area (Å²) < 4.78 is 17.1. The predicted molar refractivity (Wildman–Crippen MR) is 154 cm³/mol. The van der Waals surface area contributed by atoms with Crippen LogP contribution in [0.2, 0.25) is 0 Å². The van der Waals surface area contributed by atoms with Crippen molar-refractivity contribution in [2.45, 2.75) is 58.8 Å². The highest BCUT2D eigenvalue weighted by atomic mass is 16.5. The van der Waals surface area contributed by atoms with Crippen molar-refractivity contribution in [1.82, 2.24) is 5.32 Å². The first-order chi connectivity index (χ1) is 18.5. The van der Waals surface area contributed by atoms with Crippen LogP contribution in [0.25, 0.3) is 11.1 Å². The predicted octanol–water partition coefficient (Wildman–Crippen LogP) is 5.74. The Balaban J connectivity index is 1.60. The van der Waals surface area contributed by atoms with Gasteiger partial charge in [0, 0.05) is 17.6 Å². The highest BCUT2D eigenvalue weighted by molar-refractivity contribution is 5.90. The fraction of sp³-hybridized carbons (Fsp3) is 0.406. The highest BCUT2D eigenvalue weighted by Gasteiger charge is 2.22. The van der Waals surface area contributed by atoms with E-state index in [0.717, 1.165) is 45.7 Å². The van der Waals surface area contributed by atoms with Crippen LogP contribution in [0.3, 0.4) is 0 Å². The molecule has 0 aromatic heterocycles. The molecule has 3 rings (SSSR count). The number of aromatic carboxylic acids is 1. The summed E-state index contributed by atoms with van der Waals surface area (Å²) in [6, 6.07) is 17.3. The van der Waals surface area contributed by atoms with Crippen molar-refractivity contribution in [3.63, 3.8) is 0 Å². The third-order valence-electron chi connectivity index (χ3n) is 6.98. The van der Waals surface area contributed by atoms with E-state index in [1.165, 1.54) is 0 Å². The highest BCUT2D eigenvalue weighted by Crippen LogP contribution is 2.32. The second-order valence-electron chi connectivity index (χ2n) is 10.6. The van der Waals surface area contributed by atoms with E-state index in [9.17, 15) is 15.0 Å². The minimum atomic E-state index is -0.937. The second kappa shape index (κ2) is 13.1. The van der Waals surface area contributed by atoms with Gasteiger partial charge in [0.1, 0.15) is 11.5 Å². The van der Waals surface area contributed by atoms with Crippen molar-refractivity contribution in [2.75, 3.05) is 27.4 Å². The van der Waals surface area contributed by atoms with Crippen molar-refractivity contribution in [3.05, 3.63) is 82.4 Å². The van der Waals surface area contributed by atoms with Crippen molar-refractivity contribution >= 4 is 5.97 Å². The van der Waals surface area contributed by atoms with Gasteiger partial charge in [0.2, 0.25) is 0 Å². The Bertz CT molecular complexity index is 1260. The summed E-state index contributed by atoms with van der Waals surface area (Å²) in [6.45, 7) is 10.5. The number of carboxylic acid groups (broad SMARTS) is 1. The van der Waals surface area contributed by atoms with Crippen molar-refractivity contribution < 1.29 is 29.2 Å². The lowest BCUT2D eigenvalue weighted by Gasteiger charge is -2.29. The maximum Gasteiger partial charge on any atom is 0.335 e. The number of benzene rings is 3. The maximum atomic E-state index is 11.4. The minimum absolute atomic E-state index is 0.168. The molecule has 3 aromatic carbocycles. The van der Waals surface area contributed by atoms with Crippen molar-refractivity contribution in [2.24, 2.45) is 0 Å². The summed E-state index contributed by atoms with van der Waals surface area (Å²) in [5, 5.41) is 23.5. The molecule has 0 aliphatic carbocycles. The van der Waals surface area contributed by atoms with Gasteiger partial charge >= 0.3 is 5.97 Å². The number of rotatable bonds is 13. The third-order valence-corrected chi connectivity index (χ3v) is 6.98. The largest absolute Gasteiger partial charge is 0.496 e. The van der Waals surface area contributed by atoms with Gasteiger partial charge in [0.15, 0.2) is 0 Å². The third kappa shape index (κ3) is 7.82. The van der Waals surface area contributed by atoms with Gasteiger partial charge in [-0.1, -0.05) is 36.4 Å². The molecule has 0 heterocycles. The van der Waals surface area contributed by atoms with E-state index in [4.69, 9.17) is 14.2 Å². The zero-order valence-corrected chi connectivity index (χ0v) is 24.0. The number of aryl methyl sites for hydroxylation is 1. The molecule has 0 aliphatic heterocycles. The molecule has 0 bridgehead atoms. The number of β-amino-alcohol motifs (C(OH)–C–C–N with tert-alkyl or cyclic N) is 1. The molecular formula is C32H41NO6. The lowest BCUT2D eigenvalue weighted by molar-refractivity contribution is -0.00397. The van der Waals surface area contributed by atoms with E-state index >= 15 is 0 Å². The van der Waals surface area contributed by atoms with Gasteiger partial charge in [-0.2, -0.15) is 0 Å². The number of carboxylic acids is 1. The van der Waals surface area contributed by atoms with E-state index in [-0.39, 0.29) is 18.2 Å². The molecule has 7 heteroatoms. The zero-order chi connectivity index (χ0) is 28.7. The molecule has 3 N–H and O–H groups in total. The van der Waals surface area contributed by atoms with Gasteiger partial charge in [-0.15, -0.1) is 0 Å². The summed E-state index contributed by atoms with van der Waals surface area (Å²) in [6.07, 6.45) is -0.244. The first-order valence-corrected chi connectivity index (χ1v) is 13.1. The molecular weight excluding hydrogens is 494 g/mol. The Morgan fingerprint density at radius 2 is 1.64 bits per heavy atom. The van der Waals surface area contributed by atoms with E-state index in [1.54, 1.807) is 27.2 Å². The Kier molecular flexibility index (Phi) is 10.1. The van der Waals surface area contributed by atoms with E-state index < -0.39 is 12.1 Å². The number of aliphatic hydroxyl groups excluding tert-OH is 1. The van der Waals surface area contributed by atoms with Gasteiger partial charge in [0.25, 0.3) is 0 Å². The fourth-order valence-electron chi connectivity index (χ4n) is 4.80. The van der Waals surface area contributed by atoms with Crippen LogP contribution in [0.15, 0.2) is 54.6 Å². The number of ether oxygens (including phenoxy) is 3. The van der Waals surface area contributed by atoms with Gasteiger partial charge in [0.05, 0.1) is 38.6 Å². The van der Waals surface area contributed by atoms with Crippen LogP contribution in [0.5, 0.6) is 11.5 Å². The van der Waals surface area contributed by atoms with Gasteiger partial charge in [-0.25, -0.2) is 4.79 Å². The number of methoxy groups -OCH3 is 2. The molecule has 0 fully saturated rings. The van der Waals surface area contributed by atoms with Gasteiger partial charge in [-0.05, 0) is 87.1 Å². The topological polar surface area (TPSA) is 97.2 Å². The van der Waals surface area contributed by atoms with Crippen molar-refractivity contribution in [1.29, 1.82) is 0 Å². The van der Waals surface area contributed by atoms with Crippen LogP contribution in [-0.2, 0) is 11.2 Å². The normalized spacial score (nSPS) is 13.1. The monoisotopic (exact) mass is 535 g/mol. The SMILES string of the molecule is COc1cc(CC(C)(C)NC[C@@H](O)CO[C@H](C)c2ccccc2-c2ccc(C(=O)O)c(C)c2)cc(OC)c1C. The summed E-state index contributed by atoms with van der Waals surface area (Å²) >= 11 is 0. The standard InChI is InChI=1S/C32H41NO6/c1-20-14-24(12-13-26(20)31(35)36)28-11-9-8-10-27(28)22(3)39-19-25(34)18-33-32(4,5)17-23-15-29(37-6)21(2)30(16-23)38-7/h8-16,22,25,33-34H,17-19H2,1-7H3,(H,35,36)/t22-,25-/m1/s1. The fourth-order valence-corrected chi connectivity index (χ4v) is 4.80. The zero-order valence-electron chi connectivity index (χ0n) is 24.0. The van der Waals surface area contributed by atoms with Crippen LogP contribution in [0.1, 0.15) is 59.5 Å². The molecule has 0 saturated heterocycles. The molecule has 2 atom stereocenters. The molecule has 3 aromatic rings. The van der Waals surface area contributed by atoms with E-state index in [1.807, 2.05) is 62.4 Å². The Labute approximate surface area is 231 Å². The Morgan fingerprint density at radius 1 is 1.00 bits per heavy atom. The molecule has 0 amide bonds. The molecule has 0 spiro atoms. The summed E-state index contributed by atoms with van der Waals surface area (Å²) in [4.78, 5) is 11.4. The molecule has 0 unspecified atom stereocenters. The Morgan fingerprint density at radius 3 is 2.23 bits per heavy atom. The number of hydrogen-bond donors (Lipinski definition) is 3. The van der Waals surface area contributed by atoms with Gasteiger partial charge in [-0.3, -0.25) is 0 Å². The average molecular weight is 536 g/mol. The molecule has 0 saturated carbocycles. The first-order valence-electron chi connectivity index (χ1n) is 13.1. The lowest BCUT2D eigenvalue weighted by atomic mass is 9.93. The second-order valence-corrected chi connectivity index (χ2v) is 10.6. The lowest BCUT2D eigenvalue weighted by Crippen LogP contribution is -2.46. The minimum Gasteiger partial charge on any atom is -0.496 e. The first kappa shape index (κ1) is 30.2. The number of nitrogens with one attached hydrogen (secondary N) is 1. The average Bonchev–Trinajstić information content (AvgIpc) is 2.91. The van der Waals surface area contributed by atoms with Crippen LogP contribution in [-0.4, -0.2) is 55.2 Å². The number of carbonyl (C=O) groups is 1. The number of hydrogen-bond acceptors (Lipinski definition) is 6. The smallest absolute Gasteiger partial charge is 0.335 e. The van der Waals surface area contributed by atoms with Crippen LogP contribution >= 0.6 is 0 Å². The van der Waals surface area contributed by atoms with E-state index in [2.05, 4.69) is 19.2 Å². The Hall–Kier alpha value is -3.39. The quantitative estimate of drug-likeness (QED) is 0.257. The van der Waals surface area contributed by atoms with E-state index in [0.29, 0.717) is 17.7 Å². The number of aliphatic hydroxyl groups is 1. The van der Waals surface area contributed by atoms with Crippen LogP contribution in [0.4, 0.5) is 0 Å². The molecule has 7 nitrogen and oxygen atoms in total. The summed E-state index contributed by atoms with van der Waals surface area (Å²) in [7, 11) is 3.31. The molecule has 0 radical (unpaired) electrons. The summed E-state index contributed by atoms with van der Waals surface area (Å²) in [5.74, 6) is 0.639. The maximum absolute atomic E-state index is 11.4. The molecule has 210 valence electrons. The molecule has 0 aliphatic rings. The summed E-state index contributed by atoms with van der Waals surface area (Å²) in [5.41, 5.74) is 5.63. The van der Waals surface area contributed by atoms with Crippen molar-refractivity contribution in [3.8, 4) is 22.6 Å². The van der Waals surface area contributed by atoms with Gasteiger partial charge < -0.3 is 29.7 Å². The van der Waals surface area contributed by atoms with Crippen LogP contribution in [0, 0.1) is 13.8 Å². The van der Waals surface area contributed by atoms with Crippen LogP contribution < -0.4 is 14.8 Å².